The molecule has 14 heavy (non-hydrogen) atoms. The normalized spacial score (nSPS) is 15.9. The standard InChI is InChI=1S/C9H19NO3S/c1-6(2)8(9(11)7(3)4)10-5-14(12)13/h6-8,10H,5H2,1-4H3,(H,12,13). The maximum absolute atomic E-state index is 11.7. The van der Waals surface area contributed by atoms with Gasteiger partial charge in [0.15, 0.2) is 16.9 Å². The zero-order valence-electron chi connectivity index (χ0n) is 9.11. The summed E-state index contributed by atoms with van der Waals surface area (Å²) in [6.07, 6.45) is 0. The van der Waals surface area contributed by atoms with Crippen LogP contribution in [0.15, 0.2) is 0 Å². The van der Waals surface area contributed by atoms with Crippen molar-refractivity contribution in [2.45, 2.75) is 33.7 Å². The molecular weight excluding hydrogens is 202 g/mol. The number of hydrogen-bond donors (Lipinski definition) is 2. The lowest BCUT2D eigenvalue weighted by Gasteiger charge is -2.22. The molecule has 2 unspecified atom stereocenters. The fraction of sp³-hybridized carbons (Fsp3) is 0.889. The first kappa shape index (κ1) is 13.7. The van der Waals surface area contributed by atoms with E-state index in [9.17, 15) is 9.00 Å². The quantitative estimate of drug-likeness (QED) is 0.657. The Morgan fingerprint density at radius 3 is 2.14 bits per heavy atom. The highest BCUT2D eigenvalue weighted by atomic mass is 32.2. The molecule has 2 atom stereocenters. The van der Waals surface area contributed by atoms with Gasteiger partial charge in [-0.3, -0.25) is 10.1 Å². The van der Waals surface area contributed by atoms with Crippen molar-refractivity contribution in [3.05, 3.63) is 0 Å². The number of nitrogens with one attached hydrogen (secondary N) is 1. The van der Waals surface area contributed by atoms with Crippen molar-refractivity contribution in [2.24, 2.45) is 11.8 Å². The Morgan fingerprint density at radius 2 is 1.86 bits per heavy atom. The highest BCUT2D eigenvalue weighted by molar-refractivity contribution is 7.79. The van der Waals surface area contributed by atoms with E-state index >= 15 is 0 Å². The van der Waals surface area contributed by atoms with E-state index in [4.69, 9.17) is 4.55 Å². The van der Waals surface area contributed by atoms with Gasteiger partial charge >= 0.3 is 0 Å². The Balaban J connectivity index is 4.29. The lowest BCUT2D eigenvalue weighted by atomic mass is 9.93. The molecule has 0 amide bonds. The molecule has 0 saturated heterocycles. The molecule has 0 heterocycles. The van der Waals surface area contributed by atoms with E-state index in [-0.39, 0.29) is 29.5 Å². The van der Waals surface area contributed by atoms with Crippen molar-refractivity contribution in [3.8, 4) is 0 Å². The van der Waals surface area contributed by atoms with Crippen LogP contribution >= 0.6 is 0 Å². The number of hydrogen-bond acceptors (Lipinski definition) is 3. The summed E-state index contributed by atoms with van der Waals surface area (Å²) in [5, 5.41) is 2.80. The van der Waals surface area contributed by atoms with Gasteiger partial charge in [0, 0.05) is 5.92 Å². The third-order valence-corrected chi connectivity index (χ3v) is 2.38. The molecule has 0 aromatic carbocycles. The van der Waals surface area contributed by atoms with E-state index < -0.39 is 11.1 Å². The van der Waals surface area contributed by atoms with Crippen LogP contribution in [0.25, 0.3) is 0 Å². The van der Waals surface area contributed by atoms with Crippen molar-refractivity contribution in [3.63, 3.8) is 0 Å². The zero-order chi connectivity index (χ0) is 11.3. The fourth-order valence-electron chi connectivity index (χ4n) is 1.19. The van der Waals surface area contributed by atoms with Gasteiger partial charge in [-0.1, -0.05) is 27.7 Å². The van der Waals surface area contributed by atoms with Crippen LogP contribution in [0.2, 0.25) is 0 Å². The summed E-state index contributed by atoms with van der Waals surface area (Å²) in [7, 11) is 0. The summed E-state index contributed by atoms with van der Waals surface area (Å²) in [6.45, 7) is 7.49. The van der Waals surface area contributed by atoms with Gasteiger partial charge in [0.2, 0.25) is 0 Å². The van der Waals surface area contributed by atoms with Gasteiger partial charge in [-0.15, -0.1) is 0 Å². The third kappa shape index (κ3) is 4.83. The molecule has 0 saturated carbocycles. The molecule has 0 radical (unpaired) electrons. The van der Waals surface area contributed by atoms with Crippen molar-refractivity contribution in [1.29, 1.82) is 0 Å². The molecule has 0 rings (SSSR count). The first-order valence-corrected chi connectivity index (χ1v) is 5.98. The SMILES string of the molecule is CC(C)C(=O)C(NCS(=O)O)C(C)C. The number of ketones is 1. The summed E-state index contributed by atoms with van der Waals surface area (Å²) in [4.78, 5) is 11.7. The Hall–Kier alpha value is -0.260. The fourth-order valence-corrected chi connectivity index (χ4v) is 1.51. The van der Waals surface area contributed by atoms with E-state index in [0.29, 0.717) is 0 Å². The largest absolute Gasteiger partial charge is 0.305 e. The van der Waals surface area contributed by atoms with Crippen molar-refractivity contribution in [2.75, 3.05) is 5.88 Å². The predicted molar refractivity (Wildman–Crippen MR) is 57.2 cm³/mol. The number of rotatable bonds is 6. The van der Waals surface area contributed by atoms with Gasteiger partial charge in [-0.25, -0.2) is 4.21 Å². The van der Waals surface area contributed by atoms with E-state index in [1.54, 1.807) is 0 Å². The molecular formula is C9H19NO3S. The summed E-state index contributed by atoms with van der Waals surface area (Å²) >= 11 is -1.90. The monoisotopic (exact) mass is 221 g/mol. The van der Waals surface area contributed by atoms with Crippen LogP contribution in [-0.4, -0.2) is 26.5 Å². The molecule has 84 valence electrons. The van der Waals surface area contributed by atoms with Gasteiger partial charge < -0.3 is 4.55 Å². The second-order valence-electron chi connectivity index (χ2n) is 3.95. The van der Waals surface area contributed by atoms with E-state index in [0.717, 1.165) is 0 Å². The molecule has 0 aliphatic rings. The number of carbonyl (C=O) groups is 1. The van der Waals surface area contributed by atoms with Crippen molar-refractivity contribution >= 4 is 16.9 Å². The van der Waals surface area contributed by atoms with Gasteiger partial charge in [-0.05, 0) is 5.92 Å². The molecule has 0 bridgehead atoms. The Labute approximate surface area is 87.7 Å². The lowest BCUT2D eigenvalue weighted by molar-refractivity contribution is -0.124. The van der Waals surface area contributed by atoms with Crippen molar-refractivity contribution < 1.29 is 13.6 Å². The first-order chi connectivity index (χ1) is 6.36. The minimum Gasteiger partial charge on any atom is -0.305 e. The second kappa shape index (κ2) is 6.27. The second-order valence-corrected chi connectivity index (χ2v) is 4.88. The molecule has 0 fully saturated rings. The smallest absolute Gasteiger partial charge is 0.167 e. The van der Waals surface area contributed by atoms with Crippen molar-refractivity contribution in [1.82, 2.24) is 5.32 Å². The zero-order valence-corrected chi connectivity index (χ0v) is 9.93. The molecule has 2 N–H and O–H groups in total. The summed E-state index contributed by atoms with van der Waals surface area (Å²) in [6, 6.07) is -0.328. The van der Waals surface area contributed by atoms with Crippen LogP contribution in [0.5, 0.6) is 0 Å². The average molecular weight is 221 g/mol. The van der Waals surface area contributed by atoms with E-state index in [1.165, 1.54) is 0 Å². The third-order valence-electron chi connectivity index (χ3n) is 1.97. The number of Topliss-reactive ketones (excluding diaryl/α,β-unsaturated/α-hetero) is 1. The van der Waals surface area contributed by atoms with Crippen LogP contribution in [0.1, 0.15) is 27.7 Å². The van der Waals surface area contributed by atoms with Gasteiger partial charge in [0.05, 0.1) is 11.9 Å². The van der Waals surface area contributed by atoms with Crippen LogP contribution < -0.4 is 5.32 Å². The summed E-state index contributed by atoms with van der Waals surface area (Å²) in [5.41, 5.74) is 0. The first-order valence-electron chi connectivity index (χ1n) is 4.70. The van der Waals surface area contributed by atoms with Crippen LogP contribution in [0.3, 0.4) is 0 Å². The lowest BCUT2D eigenvalue weighted by Crippen LogP contribution is -2.44. The highest BCUT2D eigenvalue weighted by Gasteiger charge is 2.23. The minimum absolute atomic E-state index is 0.0537. The van der Waals surface area contributed by atoms with Gasteiger partial charge in [0.1, 0.15) is 0 Å². The molecule has 0 aromatic heterocycles. The maximum Gasteiger partial charge on any atom is 0.167 e. The molecule has 4 nitrogen and oxygen atoms in total. The van der Waals surface area contributed by atoms with Crippen LogP contribution in [0.4, 0.5) is 0 Å². The Kier molecular flexibility index (Phi) is 6.15. The van der Waals surface area contributed by atoms with Crippen LogP contribution in [-0.2, 0) is 15.9 Å². The topological polar surface area (TPSA) is 66.4 Å². The van der Waals surface area contributed by atoms with Gasteiger partial charge in [0.25, 0.3) is 0 Å². The highest BCUT2D eigenvalue weighted by Crippen LogP contribution is 2.08. The molecule has 0 aromatic rings. The molecule has 5 heteroatoms. The maximum atomic E-state index is 11.7. The minimum atomic E-state index is -1.90. The summed E-state index contributed by atoms with van der Waals surface area (Å²) in [5.74, 6) is 0.113. The summed E-state index contributed by atoms with van der Waals surface area (Å²) < 4.78 is 19.1. The van der Waals surface area contributed by atoms with E-state index in [2.05, 4.69) is 5.32 Å². The predicted octanol–water partition coefficient (Wildman–Crippen LogP) is 1.00. The Morgan fingerprint density at radius 1 is 1.36 bits per heavy atom. The van der Waals surface area contributed by atoms with Gasteiger partial charge in [-0.2, -0.15) is 0 Å². The average Bonchev–Trinajstić information content (AvgIpc) is 2.02. The van der Waals surface area contributed by atoms with E-state index in [1.807, 2.05) is 27.7 Å². The molecule has 0 aliphatic carbocycles. The Bertz CT molecular complexity index is 216. The van der Waals surface area contributed by atoms with Crippen LogP contribution in [0, 0.1) is 11.8 Å². The molecule has 0 spiro atoms. The number of carbonyl (C=O) groups excluding carboxylic acids is 1. The molecule has 0 aliphatic heterocycles.